The molecule has 2 heterocycles. The number of piperazine rings is 1. The van der Waals surface area contributed by atoms with Gasteiger partial charge >= 0.3 is 6.09 Å². The Balaban J connectivity index is 0.00000370. The minimum absolute atomic E-state index is 0. The lowest BCUT2D eigenvalue weighted by atomic mass is 9.91. The Morgan fingerprint density at radius 2 is 1.75 bits per heavy atom. The average molecular weight is 566 g/mol. The van der Waals surface area contributed by atoms with Gasteiger partial charge in [-0.05, 0) is 38.2 Å². The molecule has 9 heteroatoms. The second-order valence-corrected chi connectivity index (χ2v) is 10.5. The SMILES string of the molecule is CCN(C)C(=O)O[C@H]1CCCC[C@@H]1n1cnc(C(=O)N2CCNC[C@H]2Cc2ccccc2)c1-c1ccccc1.Cl. The number of halogens is 1. The third kappa shape index (κ3) is 6.50. The van der Waals surface area contributed by atoms with Gasteiger partial charge in [-0.25, -0.2) is 9.78 Å². The maximum Gasteiger partial charge on any atom is 0.409 e. The fourth-order valence-electron chi connectivity index (χ4n) is 5.77. The topological polar surface area (TPSA) is 79.7 Å². The normalized spacial score (nSPS) is 20.9. The molecule has 5 rings (SSSR count). The fraction of sp³-hybridized carbons (Fsp3) is 0.452. The molecule has 8 nitrogen and oxygen atoms in total. The Morgan fingerprint density at radius 3 is 2.48 bits per heavy atom. The quantitative estimate of drug-likeness (QED) is 0.426. The zero-order valence-corrected chi connectivity index (χ0v) is 24.2. The number of carbonyl (C=O) groups is 2. The molecule has 1 aliphatic carbocycles. The molecule has 2 aromatic carbocycles. The van der Waals surface area contributed by atoms with Gasteiger partial charge in [0.05, 0.1) is 18.1 Å². The molecule has 1 aliphatic heterocycles. The first kappa shape index (κ1) is 29.6. The summed E-state index contributed by atoms with van der Waals surface area (Å²) in [5.41, 5.74) is 3.41. The van der Waals surface area contributed by atoms with E-state index in [9.17, 15) is 9.59 Å². The Labute approximate surface area is 243 Å². The van der Waals surface area contributed by atoms with Crippen LogP contribution in [0.1, 0.15) is 54.7 Å². The van der Waals surface area contributed by atoms with Crippen LogP contribution in [0.4, 0.5) is 4.79 Å². The summed E-state index contributed by atoms with van der Waals surface area (Å²) in [7, 11) is 1.75. The van der Waals surface area contributed by atoms with Crippen molar-refractivity contribution in [3.05, 3.63) is 78.2 Å². The second-order valence-electron chi connectivity index (χ2n) is 10.5. The highest BCUT2D eigenvalue weighted by Gasteiger charge is 2.36. The van der Waals surface area contributed by atoms with Crippen LogP contribution < -0.4 is 5.32 Å². The van der Waals surface area contributed by atoms with Gasteiger partial charge in [-0.1, -0.05) is 67.1 Å². The molecule has 1 saturated heterocycles. The van der Waals surface area contributed by atoms with Crippen molar-refractivity contribution in [2.24, 2.45) is 0 Å². The van der Waals surface area contributed by atoms with Crippen molar-refractivity contribution in [1.29, 1.82) is 0 Å². The smallest absolute Gasteiger partial charge is 0.409 e. The molecule has 1 saturated carbocycles. The van der Waals surface area contributed by atoms with Crippen molar-refractivity contribution in [3.63, 3.8) is 0 Å². The summed E-state index contributed by atoms with van der Waals surface area (Å²) >= 11 is 0. The number of benzene rings is 2. The van der Waals surface area contributed by atoms with Gasteiger partial charge in [0, 0.05) is 44.8 Å². The third-order valence-corrected chi connectivity index (χ3v) is 8.03. The van der Waals surface area contributed by atoms with Crippen LogP contribution in [0.25, 0.3) is 11.3 Å². The van der Waals surface area contributed by atoms with Crippen LogP contribution in [0.3, 0.4) is 0 Å². The van der Waals surface area contributed by atoms with Gasteiger partial charge in [0.15, 0.2) is 5.69 Å². The number of carbonyl (C=O) groups excluding carboxylic acids is 2. The third-order valence-electron chi connectivity index (χ3n) is 8.03. The molecule has 1 N–H and O–H groups in total. The molecule has 0 bridgehead atoms. The van der Waals surface area contributed by atoms with E-state index < -0.39 is 0 Å². The first-order valence-electron chi connectivity index (χ1n) is 14.2. The highest BCUT2D eigenvalue weighted by molar-refractivity contribution is 5.98. The van der Waals surface area contributed by atoms with Crippen LogP contribution >= 0.6 is 12.4 Å². The van der Waals surface area contributed by atoms with Crippen molar-refractivity contribution in [2.75, 3.05) is 33.2 Å². The van der Waals surface area contributed by atoms with Crippen LogP contribution in [0.15, 0.2) is 67.0 Å². The first-order chi connectivity index (χ1) is 19.1. The van der Waals surface area contributed by atoms with Gasteiger partial charge < -0.3 is 24.4 Å². The molecular formula is C31H40ClN5O3. The van der Waals surface area contributed by atoms with Crippen molar-refractivity contribution >= 4 is 24.4 Å². The standard InChI is InChI=1S/C31H39N5O3.ClH/c1-3-34(2)31(38)39-27-17-11-10-16-26(27)36-22-33-28(29(36)24-14-8-5-9-15-24)30(37)35-19-18-32-21-25(35)20-23-12-6-4-7-13-23;/h4-9,12-15,22,25-27,32H,3,10-11,16-21H2,1-2H3;1H/t25-,26+,27+;/m1./s1. The minimum atomic E-state index is -0.309. The lowest BCUT2D eigenvalue weighted by Gasteiger charge is -2.36. The maximum atomic E-state index is 14.2. The van der Waals surface area contributed by atoms with Crippen molar-refractivity contribution in [1.82, 2.24) is 24.7 Å². The maximum absolute atomic E-state index is 14.2. The average Bonchev–Trinajstić information content (AvgIpc) is 3.43. The van der Waals surface area contributed by atoms with Crippen molar-refractivity contribution in [2.45, 2.75) is 57.2 Å². The first-order valence-corrected chi connectivity index (χ1v) is 14.2. The zero-order valence-electron chi connectivity index (χ0n) is 23.4. The van der Waals surface area contributed by atoms with Gasteiger partial charge in [-0.15, -0.1) is 12.4 Å². The molecule has 2 fully saturated rings. The summed E-state index contributed by atoms with van der Waals surface area (Å²) in [6, 6.07) is 20.3. The molecule has 214 valence electrons. The number of hydrogen-bond acceptors (Lipinski definition) is 5. The van der Waals surface area contributed by atoms with E-state index in [-0.39, 0.29) is 42.6 Å². The van der Waals surface area contributed by atoms with E-state index in [1.54, 1.807) is 18.3 Å². The molecule has 0 spiro atoms. The molecule has 2 aliphatic rings. The Morgan fingerprint density at radius 1 is 1.05 bits per heavy atom. The molecule has 40 heavy (non-hydrogen) atoms. The molecule has 3 aromatic rings. The number of imidazole rings is 1. The summed E-state index contributed by atoms with van der Waals surface area (Å²) in [6.45, 7) is 4.65. The summed E-state index contributed by atoms with van der Waals surface area (Å²) in [6.07, 6.45) is 5.68. The van der Waals surface area contributed by atoms with Gasteiger partial charge in [0.1, 0.15) is 6.10 Å². The molecule has 2 amide bonds. The number of aromatic nitrogens is 2. The molecular weight excluding hydrogens is 526 g/mol. The molecule has 3 atom stereocenters. The molecule has 0 unspecified atom stereocenters. The van der Waals surface area contributed by atoms with Crippen molar-refractivity contribution < 1.29 is 14.3 Å². The minimum Gasteiger partial charge on any atom is -0.444 e. The van der Waals surface area contributed by atoms with Gasteiger partial charge in [-0.2, -0.15) is 0 Å². The molecule has 1 aromatic heterocycles. The van der Waals surface area contributed by atoms with E-state index in [1.807, 2.05) is 60.4 Å². The van der Waals surface area contributed by atoms with Crippen LogP contribution in [0, 0.1) is 0 Å². The number of rotatable bonds is 7. The summed E-state index contributed by atoms with van der Waals surface area (Å²) in [5.74, 6) is -0.0508. The van der Waals surface area contributed by atoms with Crippen LogP contribution in [0.5, 0.6) is 0 Å². The highest BCUT2D eigenvalue weighted by Crippen LogP contribution is 2.36. The summed E-state index contributed by atoms with van der Waals surface area (Å²) in [5, 5.41) is 3.46. The van der Waals surface area contributed by atoms with E-state index in [0.717, 1.165) is 56.5 Å². The number of ether oxygens (including phenoxy) is 1. The highest BCUT2D eigenvalue weighted by atomic mass is 35.5. The van der Waals surface area contributed by atoms with E-state index >= 15 is 0 Å². The van der Waals surface area contributed by atoms with E-state index in [4.69, 9.17) is 9.72 Å². The number of amides is 2. The van der Waals surface area contributed by atoms with Gasteiger partial charge in [0.2, 0.25) is 0 Å². The number of nitrogens with one attached hydrogen (secondary N) is 1. The zero-order chi connectivity index (χ0) is 27.2. The lowest BCUT2D eigenvalue weighted by Crippen LogP contribution is -2.54. The predicted molar refractivity (Wildman–Crippen MR) is 159 cm³/mol. The van der Waals surface area contributed by atoms with Crippen molar-refractivity contribution in [3.8, 4) is 11.3 Å². The lowest BCUT2D eigenvalue weighted by molar-refractivity contribution is 0.0240. The van der Waals surface area contributed by atoms with Crippen LogP contribution in [-0.4, -0.2) is 76.7 Å². The molecule has 0 radical (unpaired) electrons. The van der Waals surface area contributed by atoms with E-state index in [1.165, 1.54) is 5.56 Å². The second kappa shape index (κ2) is 13.8. The van der Waals surface area contributed by atoms with E-state index in [2.05, 4.69) is 22.0 Å². The monoisotopic (exact) mass is 565 g/mol. The predicted octanol–water partition coefficient (Wildman–Crippen LogP) is 5.20. The number of hydrogen-bond donors (Lipinski definition) is 1. The van der Waals surface area contributed by atoms with Gasteiger partial charge in [-0.3, -0.25) is 4.79 Å². The fourth-order valence-corrected chi connectivity index (χ4v) is 5.77. The van der Waals surface area contributed by atoms with Crippen LogP contribution in [0.2, 0.25) is 0 Å². The summed E-state index contributed by atoms with van der Waals surface area (Å²) < 4.78 is 8.10. The Bertz CT molecular complexity index is 1250. The Hall–Kier alpha value is -3.36. The van der Waals surface area contributed by atoms with Crippen LogP contribution in [-0.2, 0) is 11.2 Å². The largest absolute Gasteiger partial charge is 0.444 e. The Kier molecular flexibility index (Phi) is 10.2. The van der Waals surface area contributed by atoms with Gasteiger partial charge in [0.25, 0.3) is 5.91 Å². The summed E-state index contributed by atoms with van der Waals surface area (Å²) in [4.78, 5) is 35.2. The number of nitrogens with zero attached hydrogens (tertiary/aromatic N) is 4. The van der Waals surface area contributed by atoms with E-state index in [0.29, 0.717) is 18.8 Å².